The molecule has 0 radical (unpaired) electrons. The normalized spacial score (nSPS) is 10.3. The van der Waals surface area contributed by atoms with E-state index in [2.05, 4.69) is 15.3 Å². The minimum atomic E-state index is -0.992. The molecule has 1 aromatic heterocycles. The molecule has 0 unspecified atom stereocenters. The third-order valence-corrected chi connectivity index (χ3v) is 3.21. The number of rotatable bonds is 4. The van der Waals surface area contributed by atoms with Gasteiger partial charge in [0.2, 0.25) is 5.95 Å². The van der Waals surface area contributed by atoms with Gasteiger partial charge < -0.3 is 10.4 Å². The molecule has 1 heterocycles. The van der Waals surface area contributed by atoms with Gasteiger partial charge in [-0.25, -0.2) is 9.78 Å². The molecule has 0 atom stereocenters. The molecule has 0 bridgehead atoms. The summed E-state index contributed by atoms with van der Waals surface area (Å²) in [5.74, 6) is -0.700. The molecule has 3 aromatic rings. The zero-order valence-electron chi connectivity index (χ0n) is 12.0. The summed E-state index contributed by atoms with van der Waals surface area (Å²) < 4.78 is 0. The summed E-state index contributed by atoms with van der Waals surface area (Å²) >= 11 is 0. The van der Waals surface area contributed by atoms with E-state index >= 15 is 0 Å². The average Bonchev–Trinajstić information content (AvgIpc) is 2.55. The molecule has 3 rings (SSSR count). The number of carboxylic acid groups (broad SMARTS) is 1. The lowest BCUT2D eigenvalue weighted by atomic mass is 10.1. The molecular weight excluding hydrogens is 294 g/mol. The number of carboxylic acids is 1. The molecule has 0 fully saturated rings. The summed E-state index contributed by atoms with van der Waals surface area (Å²) in [7, 11) is 0. The Morgan fingerprint density at radius 2 is 1.74 bits per heavy atom. The van der Waals surface area contributed by atoms with Crippen LogP contribution in [0.2, 0.25) is 0 Å². The molecule has 0 aliphatic heterocycles. The molecule has 114 valence electrons. The second kappa shape index (κ2) is 6.15. The number of benzene rings is 2. The van der Waals surface area contributed by atoms with Crippen LogP contribution in [-0.4, -0.2) is 21.0 Å². The molecule has 0 saturated heterocycles. The number of aromatic carboxylic acids is 1. The quantitative estimate of drug-likeness (QED) is 0.689. The van der Waals surface area contributed by atoms with Crippen molar-refractivity contribution in [1.29, 1.82) is 0 Å². The highest BCUT2D eigenvalue weighted by Crippen LogP contribution is 2.18. The number of aromatic nitrogens is 2. The first-order valence-corrected chi connectivity index (χ1v) is 6.89. The molecule has 23 heavy (non-hydrogen) atoms. The number of hydrogen-bond donors (Lipinski definition) is 3. The molecule has 6 nitrogen and oxygen atoms in total. The van der Waals surface area contributed by atoms with Crippen molar-refractivity contribution in [3.63, 3.8) is 0 Å². The SMILES string of the molecule is O=C(O)c1ccc(Nc2nc(-c3ccccc3)cc(=O)[nH]2)cc1. The van der Waals surface area contributed by atoms with E-state index in [1.54, 1.807) is 12.1 Å². The van der Waals surface area contributed by atoms with Crippen LogP contribution in [0.25, 0.3) is 11.3 Å². The van der Waals surface area contributed by atoms with Crippen LogP contribution >= 0.6 is 0 Å². The Hall–Kier alpha value is -3.41. The van der Waals surface area contributed by atoms with Gasteiger partial charge in [0.1, 0.15) is 0 Å². The average molecular weight is 307 g/mol. The van der Waals surface area contributed by atoms with Crippen molar-refractivity contribution in [2.45, 2.75) is 0 Å². The first kappa shape index (κ1) is 14.5. The lowest BCUT2D eigenvalue weighted by Crippen LogP contribution is -2.10. The maximum Gasteiger partial charge on any atom is 0.335 e. The molecule has 3 N–H and O–H groups in total. The second-order valence-corrected chi connectivity index (χ2v) is 4.85. The number of nitrogens with zero attached hydrogens (tertiary/aromatic N) is 1. The Bertz CT molecular complexity index is 887. The van der Waals surface area contributed by atoms with Crippen LogP contribution < -0.4 is 10.9 Å². The summed E-state index contributed by atoms with van der Waals surface area (Å²) in [5, 5.41) is 11.8. The lowest BCUT2D eigenvalue weighted by Gasteiger charge is -2.07. The Morgan fingerprint density at radius 3 is 2.39 bits per heavy atom. The topological polar surface area (TPSA) is 95.1 Å². The highest BCUT2D eigenvalue weighted by atomic mass is 16.4. The second-order valence-electron chi connectivity index (χ2n) is 4.85. The number of nitrogens with one attached hydrogen (secondary N) is 2. The zero-order chi connectivity index (χ0) is 16.2. The summed E-state index contributed by atoms with van der Waals surface area (Å²) in [6, 6.07) is 17.0. The fourth-order valence-electron chi connectivity index (χ4n) is 2.11. The van der Waals surface area contributed by atoms with Crippen LogP contribution in [0.5, 0.6) is 0 Å². The van der Waals surface area contributed by atoms with Crippen LogP contribution in [0, 0.1) is 0 Å². The van der Waals surface area contributed by atoms with E-state index in [0.717, 1.165) is 5.56 Å². The number of carbonyl (C=O) groups is 1. The van der Waals surface area contributed by atoms with Crippen molar-refractivity contribution < 1.29 is 9.90 Å². The van der Waals surface area contributed by atoms with Crippen LogP contribution in [-0.2, 0) is 0 Å². The minimum Gasteiger partial charge on any atom is -0.478 e. The largest absolute Gasteiger partial charge is 0.478 e. The van der Waals surface area contributed by atoms with Gasteiger partial charge in [-0.15, -0.1) is 0 Å². The van der Waals surface area contributed by atoms with Gasteiger partial charge in [-0.3, -0.25) is 9.78 Å². The van der Waals surface area contributed by atoms with Gasteiger partial charge >= 0.3 is 5.97 Å². The number of H-pyrrole nitrogens is 1. The van der Waals surface area contributed by atoms with E-state index in [1.165, 1.54) is 18.2 Å². The molecule has 6 heteroatoms. The van der Waals surface area contributed by atoms with Crippen molar-refractivity contribution in [3.05, 3.63) is 76.6 Å². The van der Waals surface area contributed by atoms with Gasteiger partial charge in [-0.1, -0.05) is 30.3 Å². The molecule has 0 aliphatic rings. The molecule has 0 aliphatic carbocycles. The van der Waals surface area contributed by atoms with Gasteiger partial charge in [0.25, 0.3) is 5.56 Å². The van der Waals surface area contributed by atoms with Crippen LogP contribution in [0.4, 0.5) is 11.6 Å². The lowest BCUT2D eigenvalue weighted by molar-refractivity contribution is 0.0697. The van der Waals surface area contributed by atoms with Crippen LogP contribution in [0.3, 0.4) is 0 Å². The van der Waals surface area contributed by atoms with E-state index in [1.807, 2.05) is 30.3 Å². The van der Waals surface area contributed by atoms with Crippen molar-refractivity contribution in [1.82, 2.24) is 9.97 Å². The first-order chi connectivity index (χ1) is 11.1. The number of hydrogen-bond acceptors (Lipinski definition) is 4. The zero-order valence-corrected chi connectivity index (χ0v) is 12.0. The highest BCUT2D eigenvalue weighted by molar-refractivity contribution is 5.88. The standard InChI is InChI=1S/C17H13N3O3/c21-15-10-14(11-4-2-1-3-5-11)19-17(20-15)18-13-8-6-12(7-9-13)16(22)23/h1-10H,(H,22,23)(H2,18,19,20,21). The van der Waals surface area contributed by atoms with Gasteiger partial charge in [0, 0.05) is 17.3 Å². The van der Waals surface area contributed by atoms with E-state index in [-0.39, 0.29) is 11.1 Å². The van der Waals surface area contributed by atoms with Gasteiger partial charge in [0.15, 0.2) is 0 Å². The number of aromatic amines is 1. The van der Waals surface area contributed by atoms with Crippen molar-refractivity contribution in [3.8, 4) is 11.3 Å². The van der Waals surface area contributed by atoms with Gasteiger partial charge in [-0.2, -0.15) is 0 Å². The summed E-state index contributed by atoms with van der Waals surface area (Å²) in [4.78, 5) is 29.6. The first-order valence-electron chi connectivity index (χ1n) is 6.89. The predicted octanol–water partition coefficient (Wildman–Crippen LogP) is 2.88. The van der Waals surface area contributed by atoms with Crippen LogP contribution in [0.1, 0.15) is 10.4 Å². The fourth-order valence-corrected chi connectivity index (χ4v) is 2.11. The fraction of sp³-hybridized carbons (Fsp3) is 0. The predicted molar refractivity (Wildman–Crippen MR) is 87.0 cm³/mol. The Balaban J connectivity index is 1.90. The summed E-state index contributed by atoms with van der Waals surface area (Å²) in [5.41, 5.74) is 1.93. The maximum atomic E-state index is 11.8. The van der Waals surface area contributed by atoms with Crippen LogP contribution in [0.15, 0.2) is 65.5 Å². The summed E-state index contributed by atoms with van der Waals surface area (Å²) in [6.07, 6.45) is 0. The molecule has 0 spiro atoms. The Kier molecular flexibility index (Phi) is 3.88. The third-order valence-electron chi connectivity index (χ3n) is 3.21. The maximum absolute atomic E-state index is 11.8. The third kappa shape index (κ3) is 3.44. The van der Waals surface area contributed by atoms with Crippen molar-refractivity contribution in [2.75, 3.05) is 5.32 Å². The monoisotopic (exact) mass is 307 g/mol. The van der Waals surface area contributed by atoms with Gasteiger partial charge in [0.05, 0.1) is 11.3 Å². The van der Waals surface area contributed by atoms with E-state index < -0.39 is 5.97 Å². The molecule has 0 amide bonds. The smallest absolute Gasteiger partial charge is 0.335 e. The van der Waals surface area contributed by atoms with E-state index in [9.17, 15) is 9.59 Å². The van der Waals surface area contributed by atoms with Crippen molar-refractivity contribution in [2.24, 2.45) is 0 Å². The van der Waals surface area contributed by atoms with Crippen molar-refractivity contribution >= 4 is 17.6 Å². The van der Waals surface area contributed by atoms with Gasteiger partial charge in [-0.05, 0) is 24.3 Å². The highest BCUT2D eigenvalue weighted by Gasteiger charge is 2.05. The Labute approximate surface area is 131 Å². The number of anilines is 2. The summed E-state index contributed by atoms with van der Waals surface area (Å²) in [6.45, 7) is 0. The molecular formula is C17H13N3O3. The van der Waals surface area contributed by atoms with E-state index in [0.29, 0.717) is 17.3 Å². The van der Waals surface area contributed by atoms with E-state index in [4.69, 9.17) is 5.11 Å². The molecule has 0 saturated carbocycles. The Morgan fingerprint density at radius 1 is 1.04 bits per heavy atom. The molecule has 2 aromatic carbocycles. The minimum absolute atomic E-state index is 0.190.